The van der Waals surface area contributed by atoms with Crippen LogP contribution < -0.4 is 10.5 Å². The predicted molar refractivity (Wildman–Crippen MR) is 87.1 cm³/mol. The molecule has 2 aromatic carbocycles. The second kappa shape index (κ2) is 7.06. The third-order valence-electron chi connectivity index (χ3n) is 3.08. The topological polar surface area (TPSA) is 35.2 Å². The number of benzene rings is 2. The first kappa shape index (κ1) is 14.5. The Morgan fingerprint density at radius 3 is 2.50 bits per heavy atom. The molecule has 104 valence electrons. The zero-order valence-electron chi connectivity index (χ0n) is 11.6. The average molecular weight is 285 g/mol. The number of hydrogen-bond acceptors (Lipinski definition) is 2. The Morgan fingerprint density at radius 2 is 1.85 bits per heavy atom. The molecule has 2 aromatic rings. The van der Waals surface area contributed by atoms with Crippen molar-refractivity contribution in [2.45, 2.75) is 26.4 Å². The summed E-state index contributed by atoms with van der Waals surface area (Å²) in [5, 5.41) is 0. The van der Waals surface area contributed by atoms with Crippen LogP contribution in [0.5, 0.6) is 5.75 Å². The first-order chi connectivity index (χ1) is 9.69. The number of thiocarbonyl (C=S) groups is 1. The largest absolute Gasteiger partial charge is 0.489 e. The molecule has 0 spiro atoms. The second-order valence-corrected chi connectivity index (χ2v) is 5.19. The summed E-state index contributed by atoms with van der Waals surface area (Å²) in [5.41, 5.74) is 8.91. The monoisotopic (exact) mass is 285 g/mol. The lowest BCUT2D eigenvalue weighted by atomic mass is 10.1. The SMILES string of the molecule is CCCc1ccc(OCc2cccc(C(N)=S)c2)cc1. The number of rotatable bonds is 6. The van der Waals surface area contributed by atoms with Gasteiger partial charge in [0.15, 0.2) is 0 Å². The molecule has 0 aliphatic heterocycles. The summed E-state index contributed by atoms with van der Waals surface area (Å²) >= 11 is 4.98. The lowest BCUT2D eigenvalue weighted by Crippen LogP contribution is -2.09. The fourth-order valence-electron chi connectivity index (χ4n) is 2.02. The molecule has 0 aliphatic rings. The lowest BCUT2D eigenvalue weighted by molar-refractivity contribution is 0.306. The zero-order valence-corrected chi connectivity index (χ0v) is 12.5. The van der Waals surface area contributed by atoms with Crippen LogP contribution in [0.1, 0.15) is 30.0 Å². The van der Waals surface area contributed by atoms with Gasteiger partial charge in [-0.05, 0) is 35.7 Å². The molecule has 0 aliphatic carbocycles. The predicted octanol–water partition coefficient (Wildman–Crippen LogP) is 3.85. The van der Waals surface area contributed by atoms with Gasteiger partial charge in [-0.1, -0.05) is 55.9 Å². The molecular formula is C17H19NOS. The Hall–Kier alpha value is -1.87. The van der Waals surface area contributed by atoms with Gasteiger partial charge >= 0.3 is 0 Å². The molecule has 0 atom stereocenters. The van der Waals surface area contributed by atoms with Crippen molar-refractivity contribution in [1.29, 1.82) is 0 Å². The van der Waals surface area contributed by atoms with Gasteiger partial charge in [0.2, 0.25) is 0 Å². The molecule has 0 unspecified atom stereocenters. The Balaban J connectivity index is 1.97. The van der Waals surface area contributed by atoms with Crippen LogP contribution in [-0.4, -0.2) is 4.99 Å². The minimum atomic E-state index is 0.413. The minimum absolute atomic E-state index is 0.413. The number of hydrogen-bond donors (Lipinski definition) is 1. The number of nitrogens with two attached hydrogens (primary N) is 1. The van der Waals surface area contributed by atoms with Crippen molar-refractivity contribution in [3.8, 4) is 5.75 Å². The summed E-state index contributed by atoms with van der Waals surface area (Å²) in [6, 6.07) is 16.1. The average Bonchev–Trinajstić information content (AvgIpc) is 2.47. The van der Waals surface area contributed by atoms with Crippen LogP contribution in [0.15, 0.2) is 48.5 Å². The maximum atomic E-state index is 5.78. The number of ether oxygens (including phenoxy) is 1. The van der Waals surface area contributed by atoms with E-state index in [1.54, 1.807) is 0 Å². The molecule has 2 nitrogen and oxygen atoms in total. The second-order valence-electron chi connectivity index (χ2n) is 4.75. The van der Waals surface area contributed by atoms with Crippen LogP contribution in [0.3, 0.4) is 0 Å². The summed E-state index contributed by atoms with van der Waals surface area (Å²) < 4.78 is 5.78. The lowest BCUT2D eigenvalue weighted by Gasteiger charge is -2.08. The third kappa shape index (κ3) is 4.07. The number of aryl methyl sites for hydroxylation is 1. The molecule has 20 heavy (non-hydrogen) atoms. The summed E-state index contributed by atoms with van der Waals surface area (Å²) in [6.07, 6.45) is 2.27. The van der Waals surface area contributed by atoms with E-state index in [0.29, 0.717) is 11.6 Å². The molecular weight excluding hydrogens is 266 g/mol. The van der Waals surface area contributed by atoms with Crippen LogP contribution in [-0.2, 0) is 13.0 Å². The molecule has 0 radical (unpaired) electrons. The van der Waals surface area contributed by atoms with Gasteiger partial charge in [0.25, 0.3) is 0 Å². The van der Waals surface area contributed by atoms with Gasteiger partial charge in [-0.2, -0.15) is 0 Å². The molecule has 0 saturated carbocycles. The smallest absolute Gasteiger partial charge is 0.119 e. The van der Waals surface area contributed by atoms with E-state index in [0.717, 1.165) is 29.7 Å². The Kier molecular flexibility index (Phi) is 5.13. The molecule has 0 heterocycles. The highest BCUT2D eigenvalue weighted by Gasteiger charge is 2.00. The van der Waals surface area contributed by atoms with E-state index in [1.807, 2.05) is 36.4 Å². The van der Waals surface area contributed by atoms with Crippen molar-refractivity contribution < 1.29 is 4.74 Å². The van der Waals surface area contributed by atoms with E-state index in [4.69, 9.17) is 22.7 Å². The van der Waals surface area contributed by atoms with E-state index < -0.39 is 0 Å². The molecule has 0 aromatic heterocycles. The van der Waals surface area contributed by atoms with Gasteiger partial charge in [0.1, 0.15) is 17.3 Å². The molecule has 0 fully saturated rings. The standard InChI is InChI=1S/C17H19NOS/c1-2-4-13-7-9-16(10-8-13)19-12-14-5-3-6-15(11-14)17(18)20/h3,5-11H,2,4,12H2,1H3,(H2,18,20). The van der Waals surface area contributed by atoms with E-state index in [9.17, 15) is 0 Å². The first-order valence-corrected chi connectivity index (χ1v) is 7.20. The highest BCUT2D eigenvalue weighted by Crippen LogP contribution is 2.15. The van der Waals surface area contributed by atoms with Crippen molar-refractivity contribution in [2.24, 2.45) is 5.73 Å². The van der Waals surface area contributed by atoms with Crippen molar-refractivity contribution in [1.82, 2.24) is 0 Å². The Morgan fingerprint density at radius 1 is 1.10 bits per heavy atom. The van der Waals surface area contributed by atoms with Crippen molar-refractivity contribution in [2.75, 3.05) is 0 Å². The summed E-state index contributed by atoms with van der Waals surface area (Å²) in [6.45, 7) is 2.70. The van der Waals surface area contributed by atoms with E-state index >= 15 is 0 Å². The van der Waals surface area contributed by atoms with Crippen molar-refractivity contribution >= 4 is 17.2 Å². The summed E-state index contributed by atoms with van der Waals surface area (Å²) in [5.74, 6) is 0.880. The van der Waals surface area contributed by atoms with Gasteiger partial charge in [-0.25, -0.2) is 0 Å². The quantitative estimate of drug-likeness (QED) is 0.819. The molecule has 0 saturated heterocycles. The summed E-state index contributed by atoms with van der Waals surface area (Å²) in [7, 11) is 0. The Bertz CT molecular complexity index is 578. The Labute approximate surface area is 125 Å². The molecule has 0 amide bonds. The molecule has 3 heteroatoms. The first-order valence-electron chi connectivity index (χ1n) is 6.79. The van der Waals surface area contributed by atoms with E-state index in [-0.39, 0.29) is 0 Å². The summed E-state index contributed by atoms with van der Waals surface area (Å²) in [4.78, 5) is 0.413. The van der Waals surface area contributed by atoms with Crippen molar-refractivity contribution in [3.63, 3.8) is 0 Å². The molecule has 2 N–H and O–H groups in total. The maximum absolute atomic E-state index is 5.78. The van der Waals surface area contributed by atoms with Gasteiger partial charge in [0.05, 0.1) is 0 Å². The van der Waals surface area contributed by atoms with E-state index in [2.05, 4.69) is 19.1 Å². The zero-order chi connectivity index (χ0) is 14.4. The van der Waals surface area contributed by atoms with Crippen LogP contribution in [0, 0.1) is 0 Å². The van der Waals surface area contributed by atoms with Gasteiger partial charge in [0, 0.05) is 5.56 Å². The highest BCUT2D eigenvalue weighted by atomic mass is 32.1. The van der Waals surface area contributed by atoms with Crippen molar-refractivity contribution in [3.05, 3.63) is 65.2 Å². The van der Waals surface area contributed by atoms with Crippen LogP contribution in [0.4, 0.5) is 0 Å². The fourth-order valence-corrected chi connectivity index (χ4v) is 2.15. The fraction of sp³-hybridized carbons (Fsp3) is 0.235. The van der Waals surface area contributed by atoms with Gasteiger partial charge in [-0.3, -0.25) is 0 Å². The van der Waals surface area contributed by atoms with Crippen LogP contribution in [0.25, 0.3) is 0 Å². The third-order valence-corrected chi connectivity index (χ3v) is 3.31. The van der Waals surface area contributed by atoms with Crippen LogP contribution >= 0.6 is 12.2 Å². The highest BCUT2D eigenvalue weighted by molar-refractivity contribution is 7.80. The molecule has 0 bridgehead atoms. The normalized spacial score (nSPS) is 10.2. The molecule has 2 rings (SSSR count). The maximum Gasteiger partial charge on any atom is 0.119 e. The van der Waals surface area contributed by atoms with Gasteiger partial charge < -0.3 is 10.5 Å². The van der Waals surface area contributed by atoms with Gasteiger partial charge in [-0.15, -0.1) is 0 Å². The minimum Gasteiger partial charge on any atom is -0.489 e. The van der Waals surface area contributed by atoms with E-state index in [1.165, 1.54) is 5.56 Å². The van der Waals surface area contributed by atoms with Crippen LogP contribution in [0.2, 0.25) is 0 Å².